The Labute approximate surface area is 148 Å². The number of carbonyl (C=O) groups is 1. The quantitative estimate of drug-likeness (QED) is 0.738. The second-order valence-corrected chi connectivity index (χ2v) is 7.34. The van der Waals surface area contributed by atoms with Gasteiger partial charge >= 0.3 is 5.97 Å². The van der Waals surface area contributed by atoms with Crippen LogP contribution in [0.2, 0.25) is 0 Å². The van der Waals surface area contributed by atoms with Crippen LogP contribution < -0.4 is 9.04 Å². The number of sulfonamides is 1. The monoisotopic (exact) mass is 363 g/mol. The number of esters is 1. The maximum atomic E-state index is 12.9. The largest absolute Gasteiger partial charge is 0.494 e. The minimum absolute atomic E-state index is 0.0230. The number of benzene rings is 2. The van der Waals surface area contributed by atoms with Gasteiger partial charge in [-0.2, -0.15) is 0 Å². The Morgan fingerprint density at radius 2 is 1.76 bits per heavy atom. The van der Waals surface area contributed by atoms with E-state index in [9.17, 15) is 13.2 Å². The molecule has 0 saturated heterocycles. The van der Waals surface area contributed by atoms with Gasteiger partial charge in [-0.15, -0.1) is 0 Å². The van der Waals surface area contributed by atoms with Crippen molar-refractivity contribution in [2.45, 2.75) is 18.7 Å². The molecule has 0 aliphatic heterocycles. The lowest BCUT2D eigenvalue weighted by atomic mass is 10.1. The van der Waals surface area contributed by atoms with Gasteiger partial charge in [0.15, 0.2) is 0 Å². The highest BCUT2D eigenvalue weighted by Gasteiger charge is 2.23. The van der Waals surface area contributed by atoms with Crippen molar-refractivity contribution < 1.29 is 22.7 Å². The van der Waals surface area contributed by atoms with Crippen molar-refractivity contribution in [1.29, 1.82) is 0 Å². The van der Waals surface area contributed by atoms with Crippen molar-refractivity contribution in [2.75, 3.05) is 25.1 Å². The molecule has 0 amide bonds. The van der Waals surface area contributed by atoms with Crippen LogP contribution in [0, 0.1) is 6.92 Å². The molecule has 0 aliphatic rings. The Hall–Kier alpha value is -2.54. The molecule has 0 unspecified atom stereocenters. The third kappa shape index (κ3) is 3.93. The van der Waals surface area contributed by atoms with Crippen LogP contribution in [0.25, 0.3) is 0 Å². The SMILES string of the molecule is CCOc1ccc(N(C)S(=O)(=O)c2ccc(C)c(C(=O)OC)c2)cc1. The lowest BCUT2D eigenvalue weighted by Gasteiger charge is -2.20. The molecule has 2 aromatic rings. The summed E-state index contributed by atoms with van der Waals surface area (Å²) in [5.41, 5.74) is 1.36. The van der Waals surface area contributed by atoms with Gasteiger partial charge in [-0.3, -0.25) is 4.31 Å². The Bertz CT molecular complexity index is 860. The van der Waals surface area contributed by atoms with E-state index in [1.807, 2.05) is 6.92 Å². The van der Waals surface area contributed by atoms with Crippen molar-refractivity contribution in [2.24, 2.45) is 0 Å². The molecule has 7 heteroatoms. The molecule has 6 nitrogen and oxygen atoms in total. The van der Waals surface area contributed by atoms with Gasteiger partial charge in [0.25, 0.3) is 10.0 Å². The minimum Gasteiger partial charge on any atom is -0.494 e. The first kappa shape index (κ1) is 18.8. The maximum absolute atomic E-state index is 12.9. The Morgan fingerprint density at radius 1 is 1.12 bits per heavy atom. The van der Waals surface area contributed by atoms with Crippen LogP contribution in [0.5, 0.6) is 5.75 Å². The lowest BCUT2D eigenvalue weighted by molar-refractivity contribution is 0.0599. The minimum atomic E-state index is -3.81. The number of hydrogen-bond donors (Lipinski definition) is 0. The number of nitrogens with zero attached hydrogens (tertiary/aromatic N) is 1. The number of hydrogen-bond acceptors (Lipinski definition) is 5. The lowest BCUT2D eigenvalue weighted by Crippen LogP contribution is -2.26. The summed E-state index contributed by atoms with van der Waals surface area (Å²) in [6.07, 6.45) is 0. The number of methoxy groups -OCH3 is 1. The van der Waals surface area contributed by atoms with Gasteiger partial charge in [0.05, 0.1) is 29.9 Å². The highest BCUT2D eigenvalue weighted by atomic mass is 32.2. The number of ether oxygens (including phenoxy) is 2. The highest BCUT2D eigenvalue weighted by Crippen LogP contribution is 2.25. The first-order valence-electron chi connectivity index (χ1n) is 7.72. The molecule has 0 bridgehead atoms. The maximum Gasteiger partial charge on any atom is 0.338 e. The fraction of sp³-hybridized carbons (Fsp3) is 0.278. The molecule has 134 valence electrons. The summed E-state index contributed by atoms with van der Waals surface area (Å²) < 4.78 is 36.9. The summed E-state index contributed by atoms with van der Waals surface area (Å²) in [6, 6.07) is 11.1. The first-order chi connectivity index (χ1) is 11.8. The summed E-state index contributed by atoms with van der Waals surface area (Å²) in [5.74, 6) is 0.0960. The van der Waals surface area contributed by atoms with Crippen molar-refractivity contribution in [3.8, 4) is 5.75 Å². The molecule has 0 spiro atoms. The van der Waals surface area contributed by atoms with Crippen molar-refractivity contribution >= 4 is 21.7 Å². The van der Waals surface area contributed by atoms with Gasteiger partial charge in [0, 0.05) is 7.05 Å². The van der Waals surface area contributed by atoms with E-state index in [0.29, 0.717) is 23.6 Å². The molecule has 0 aliphatic carbocycles. The normalized spacial score (nSPS) is 11.0. The molecule has 0 fully saturated rings. The van der Waals surface area contributed by atoms with Gasteiger partial charge in [-0.1, -0.05) is 6.07 Å². The van der Waals surface area contributed by atoms with Gasteiger partial charge in [0.1, 0.15) is 5.75 Å². The topological polar surface area (TPSA) is 72.9 Å². The van der Waals surface area contributed by atoms with E-state index < -0.39 is 16.0 Å². The summed E-state index contributed by atoms with van der Waals surface area (Å²) in [4.78, 5) is 11.8. The van der Waals surface area contributed by atoms with Gasteiger partial charge in [0.2, 0.25) is 0 Å². The third-order valence-corrected chi connectivity index (χ3v) is 5.57. The number of anilines is 1. The standard InChI is InChI=1S/C18H21NO5S/c1-5-24-15-9-7-14(8-10-15)19(3)25(21,22)16-11-6-13(2)17(12-16)18(20)23-4/h6-12H,5H2,1-4H3. The Balaban J connectivity index is 2.38. The van der Waals surface area contributed by atoms with Gasteiger partial charge < -0.3 is 9.47 Å². The molecular formula is C18H21NO5S. The average Bonchev–Trinajstić information content (AvgIpc) is 2.61. The van der Waals surface area contributed by atoms with E-state index in [1.54, 1.807) is 37.3 Å². The predicted molar refractivity (Wildman–Crippen MR) is 95.7 cm³/mol. The van der Waals surface area contributed by atoms with E-state index in [1.165, 1.54) is 26.3 Å². The Kier molecular flexibility index (Phi) is 5.69. The van der Waals surface area contributed by atoms with Crippen LogP contribution in [0.4, 0.5) is 5.69 Å². The van der Waals surface area contributed by atoms with E-state index in [2.05, 4.69) is 0 Å². The molecule has 2 aromatic carbocycles. The molecule has 0 heterocycles. The number of carbonyl (C=O) groups excluding carboxylic acids is 1. The van der Waals surface area contributed by atoms with Crippen molar-refractivity contribution in [3.05, 3.63) is 53.6 Å². The first-order valence-corrected chi connectivity index (χ1v) is 9.16. The number of rotatable bonds is 6. The molecule has 0 aromatic heterocycles. The number of aryl methyl sites for hydroxylation is 1. The van der Waals surface area contributed by atoms with Crippen LogP contribution in [0.1, 0.15) is 22.8 Å². The second kappa shape index (κ2) is 7.57. The van der Waals surface area contributed by atoms with E-state index >= 15 is 0 Å². The van der Waals surface area contributed by atoms with Crippen molar-refractivity contribution in [1.82, 2.24) is 0 Å². The van der Waals surface area contributed by atoms with E-state index in [4.69, 9.17) is 9.47 Å². The summed E-state index contributed by atoms with van der Waals surface area (Å²) in [5, 5.41) is 0. The fourth-order valence-corrected chi connectivity index (χ4v) is 3.53. The highest BCUT2D eigenvalue weighted by molar-refractivity contribution is 7.92. The van der Waals surface area contributed by atoms with Crippen molar-refractivity contribution in [3.63, 3.8) is 0 Å². The molecule has 0 saturated carbocycles. The van der Waals surface area contributed by atoms with Gasteiger partial charge in [-0.05, 0) is 55.8 Å². The molecule has 0 N–H and O–H groups in total. The fourth-order valence-electron chi connectivity index (χ4n) is 2.31. The molecule has 25 heavy (non-hydrogen) atoms. The molecule has 0 atom stereocenters. The average molecular weight is 363 g/mol. The van der Waals surface area contributed by atoms with E-state index in [0.717, 1.165) is 4.31 Å². The summed E-state index contributed by atoms with van der Waals surface area (Å²) in [7, 11) is -1.09. The summed E-state index contributed by atoms with van der Waals surface area (Å²) >= 11 is 0. The zero-order valence-electron chi connectivity index (χ0n) is 14.6. The van der Waals surface area contributed by atoms with Crippen LogP contribution in [-0.2, 0) is 14.8 Å². The van der Waals surface area contributed by atoms with Gasteiger partial charge in [-0.25, -0.2) is 13.2 Å². The van der Waals surface area contributed by atoms with Crippen LogP contribution >= 0.6 is 0 Å². The predicted octanol–water partition coefficient (Wildman–Crippen LogP) is 3.01. The van der Waals surface area contributed by atoms with Crippen LogP contribution in [0.15, 0.2) is 47.4 Å². The Morgan fingerprint density at radius 3 is 2.32 bits per heavy atom. The molecule has 0 radical (unpaired) electrons. The second-order valence-electron chi connectivity index (χ2n) is 5.37. The third-order valence-electron chi connectivity index (χ3n) is 3.78. The smallest absolute Gasteiger partial charge is 0.338 e. The zero-order valence-corrected chi connectivity index (χ0v) is 15.5. The van der Waals surface area contributed by atoms with Crippen LogP contribution in [-0.4, -0.2) is 35.2 Å². The molecular weight excluding hydrogens is 342 g/mol. The van der Waals surface area contributed by atoms with Crippen LogP contribution in [0.3, 0.4) is 0 Å². The molecule has 2 rings (SSSR count). The summed E-state index contributed by atoms with van der Waals surface area (Å²) in [6.45, 7) is 4.13. The van der Waals surface area contributed by atoms with E-state index in [-0.39, 0.29) is 10.5 Å². The zero-order chi connectivity index (χ0) is 18.6.